The van der Waals surface area contributed by atoms with Crippen molar-refractivity contribution in [2.24, 2.45) is 11.7 Å². The summed E-state index contributed by atoms with van der Waals surface area (Å²) in [4.78, 5) is 48.5. The van der Waals surface area contributed by atoms with Crippen LogP contribution >= 0.6 is 0 Å². The van der Waals surface area contributed by atoms with Gasteiger partial charge >= 0.3 is 24.2 Å². The van der Waals surface area contributed by atoms with Crippen LogP contribution in [0.15, 0.2) is 18.2 Å². The summed E-state index contributed by atoms with van der Waals surface area (Å²) in [6.07, 6.45) is -0.239. The molecule has 11 nitrogen and oxygen atoms in total. The van der Waals surface area contributed by atoms with Crippen molar-refractivity contribution in [1.29, 1.82) is 0 Å². The van der Waals surface area contributed by atoms with Gasteiger partial charge in [0.25, 0.3) is 0 Å². The lowest BCUT2D eigenvalue weighted by molar-refractivity contribution is -0.153. The number of carbonyl (C=O) groups is 4. The van der Waals surface area contributed by atoms with E-state index in [1.807, 2.05) is 20.8 Å². The Bertz CT molecular complexity index is 888. The van der Waals surface area contributed by atoms with Crippen molar-refractivity contribution in [2.75, 3.05) is 26.9 Å². The first-order valence-electron chi connectivity index (χ1n) is 12.0. The normalized spacial score (nSPS) is 13.1. The van der Waals surface area contributed by atoms with E-state index in [1.165, 1.54) is 19.2 Å². The number of hydrogen-bond acceptors (Lipinski definition) is 11. The maximum atomic E-state index is 12.5. The van der Waals surface area contributed by atoms with Crippen LogP contribution in [0.5, 0.6) is 11.5 Å². The molecule has 1 rings (SSSR count). The number of carbonyl (C=O) groups excluding carboxylic acids is 4. The third-order valence-corrected chi connectivity index (χ3v) is 5.16. The first-order chi connectivity index (χ1) is 17.1. The van der Waals surface area contributed by atoms with Gasteiger partial charge in [0.2, 0.25) is 0 Å². The van der Waals surface area contributed by atoms with E-state index in [1.54, 1.807) is 13.0 Å². The fourth-order valence-corrected chi connectivity index (χ4v) is 2.91. The van der Waals surface area contributed by atoms with E-state index >= 15 is 0 Å². The van der Waals surface area contributed by atoms with E-state index in [4.69, 9.17) is 34.2 Å². The largest absolute Gasteiger partial charge is 0.513 e. The van der Waals surface area contributed by atoms with Crippen LogP contribution in [0.2, 0.25) is 0 Å². The van der Waals surface area contributed by atoms with Gasteiger partial charge in [-0.1, -0.05) is 33.8 Å². The molecule has 0 saturated heterocycles. The lowest BCUT2D eigenvalue weighted by Gasteiger charge is -2.27. The van der Waals surface area contributed by atoms with E-state index < -0.39 is 23.8 Å². The quantitative estimate of drug-likeness (QED) is 0.220. The Labute approximate surface area is 211 Å². The molecule has 1 unspecified atom stereocenters. The second-order valence-electron chi connectivity index (χ2n) is 8.23. The first-order valence-corrected chi connectivity index (χ1v) is 12.0. The molecule has 0 fully saturated rings. The number of rotatable bonds is 14. The van der Waals surface area contributed by atoms with Crippen molar-refractivity contribution in [1.82, 2.24) is 0 Å². The van der Waals surface area contributed by atoms with E-state index in [0.29, 0.717) is 24.8 Å². The number of hydrogen-bond donors (Lipinski definition) is 1. The van der Waals surface area contributed by atoms with Gasteiger partial charge in [-0.05, 0) is 37.0 Å². The second kappa shape index (κ2) is 15.6. The molecule has 202 valence electrons. The van der Waals surface area contributed by atoms with Gasteiger partial charge in [-0.15, -0.1) is 0 Å². The van der Waals surface area contributed by atoms with Gasteiger partial charge in [-0.25, -0.2) is 9.59 Å². The molecule has 0 aliphatic carbocycles. The molecule has 0 aromatic heterocycles. The van der Waals surface area contributed by atoms with Crippen LogP contribution in [-0.4, -0.2) is 56.7 Å². The molecule has 1 aromatic carbocycles. The molecule has 0 heterocycles. The number of benzene rings is 1. The highest BCUT2D eigenvalue weighted by atomic mass is 16.7. The first kappa shape index (κ1) is 30.7. The van der Waals surface area contributed by atoms with E-state index in [2.05, 4.69) is 0 Å². The van der Waals surface area contributed by atoms with Crippen LogP contribution in [0.1, 0.15) is 58.9 Å². The summed E-state index contributed by atoms with van der Waals surface area (Å²) < 4.78 is 30.4. The third-order valence-electron chi connectivity index (χ3n) is 5.16. The SMILES string of the molecule is CCCOC(=O)Oc1ccc(C[C@](N)(CCOC(=O)C(C)CC)C(=O)OC)cc1OC(=O)OCCC. The Morgan fingerprint density at radius 2 is 1.47 bits per heavy atom. The Kier molecular flexibility index (Phi) is 13.3. The Morgan fingerprint density at radius 1 is 0.889 bits per heavy atom. The average molecular weight is 512 g/mol. The zero-order valence-electron chi connectivity index (χ0n) is 21.6. The molecule has 2 atom stereocenters. The minimum absolute atomic E-state index is 0.0157. The highest BCUT2D eigenvalue weighted by molar-refractivity contribution is 5.81. The van der Waals surface area contributed by atoms with Crippen LogP contribution < -0.4 is 15.2 Å². The molecule has 0 aliphatic heterocycles. The van der Waals surface area contributed by atoms with E-state index in [0.717, 1.165) is 0 Å². The standard InChI is InChI=1S/C25H37NO10/c1-6-12-33-23(29)35-19-10-9-18(15-20(19)36-24(30)34-13-7-2)16-25(26,22(28)31-5)11-14-32-21(27)17(4)8-3/h9-10,15,17H,6-8,11-14,16,26H2,1-5H3/t17?,25-/m1/s1. The molecular weight excluding hydrogens is 474 g/mol. The summed E-state index contributed by atoms with van der Waals surface area (Å²) in [6, 6.07) is 4.32. The smallest absolute Gasteiger partial charge is 0.468 e. The van der Waals surface area contributed by atoms with Crippen molar-refractivity contribution < 1.29 is 47.6 Å². The van der Waals surface area contributed by atoms with E-state index in [-0.39, 0.29) is 56.0 Å². The van der Waals surface area contributed by atoms with Crippen molar-refractivity contribution in [3.8, 4) is 11.5 Å². The van der Waals surface area contributed by atoms with Gasteiger partial charge in [0.1, 0.15) is 5.54 Å². The van der Waals surface area contributed by atoms with Crippen molar-refractivity contribution in [3.63, 3.8) is 0 Å². The topological polar surface area (TPSA) is 150 Å². The molecule has 0 bridgehead atoms. The van der Waals surface area contributed by atoms with E-state index in [9.17, 15) is 19.2 Å². The molecule has 0 aliphatic rings. The second-order valence-corrected chi connectivity index (χ2v) is 8.23. The molecule has 0 spiro atoms. The number of nitrogens with two attached hydrogens (primary N) is 1. The molecule has 36 heavy (non-hydrogen) atoms. The fourth-order valence-electron chi connectivity index (χ4n) is 2.91. The van der Waals surface area contributed by atoms with Gasteiger partial charge in [-0.3, -0.25) is 9.59 Å². The zero-order valence-corrected chi connectivity index (χ0v) is 21.6. The summed E-state index contributed by atoms with van der Waals surface area (Å²) in [5, 5.41) is 0. The highest BCUT2D eigenvalue weighted by Crippen LogP contribution is 2.31. The van der Waals surface area contributed by atoms with Gasteiger partial charge in [0, 0.05) is 12.8 Å². The molecule has 11 heteroatoms. The number of methoxy groups -OCH3 is 1. The van der Waals surface area contributed by atoms with Crippen LogP contribution in [-0.2, 0) is 35.0 Å². The number of esters is 2. The molecule has 2 N–H and O–H groups in total. The van der Waals surface area contributed by atoms with Gasteiger partial charge in [0.15, 0.2) is 11.5 Å². The lowest BCUT2D eigenvalue weighted by atomic mass is 9.88. The van der Waals surface area contributed by atoms with Crippen molar-refractivity contribution in [2.45, 2.75) is 65.3 Å². The van der Waals surface area contributed by atoms with Gasteiger partial charge in [-0.2, -0.15) is 0 Å². The lowest BCUT2D eigenvalue weighted by Crippen LogP contribution is -2.51. The van der Waals surface area contributed by atoms with Crippen LogP contribution in [0, 0.1) is 5.92 Å². The number of ether oxygens (including phenoxy) is 6. The molecule has 1 aromatic rings. The molecule has 0 saturated carbocycles. The highest BCUT2D eigenvalue weighted by Gasteiger charge is 2.36. The summed E-state index contributed by atoms with van der Waals surface area (Å²) in [6.45, 7) is 7.45. The molecular formula is C25H37NO10. The van der Waals surface area contributed by atoms with Gasteiger partial charge in [0.05, 0.1) is 32.8 Å². The van der Waals surface area contributed by atoms with Crippen LogP contribution in [0.4, 0.5) is 9.59 Å². The zero-order chi connectivity index (χ0) is 27.1. The predicted octanol–water partition coefficient (Wildman–Crippen LogP) is 3.93. The summed E-state index contributed by atoms with van der Waals surface area (Å²) in [5.41, 5.74) is 5.28. The minimum atomic E-state index is -1.55. The molecule has 0 amide bonds. The Hall–Kier alpha value is -3.34. The van der Waals surface area contributed by atoms with Gasteiger partial charge < -0.3 is 34.2 Å². The average Bonchev–Trinajstić information content (AvgIpc) is 2.86. The third kappa shape index (κ3) is 10.1. The summed E-state index contributed by atoms with van der Waals surface area (Å²) in [7, 11) is 1.20. The van der Waals surface area contributed by atoms with Crippen LogP contribution in [0.3, 0.4) is 0 Å². The van der Waals surface area contributed by atoms with Crippen molar-refractivity contribution >= 4 is 24.2 Å². The predicted molar refractivity (Wildman–Crippen MR) is 129 cm³/mol. The minimum Gasteiger partial charge on any atom is -0.468 e. The van der Waals surface area contributed by atoms with Crippen LogP contribution in [0.25, 0.3) is 0 Å². The maximum Gasteiger partial charge on any atom is 0.513 e. The molecule has 0 radical (unpaired) electrons. The fraction of sp³-hybridized carbons (Fsp3) is 0.600. The summed E-state index contributed by atoms with van der Waals surface area (Å²) >= 11 is 0. The summed E-state index contributed by atoms with van der Waals surface area (Å²) in [5.74, 6) is -1.59. The Morgan fingerprint density at radius 3 is 2.00 bits per heavy atom. The monoisotopic (exact) mass is 511 g/mol. The van der Waals surface area contributed by atoms with Crippen molar-refractivity contribution in [3.05, 3.63) is 23.8 Å². The maximum absolute atomic E-state index is 12.5. The Balaban J connectivity index is 3.13.